The van der Waals surface area contributed by atoms with E-state index in [1.165, 1.54) is 6.07 Å². The molecule has 0 bridgehead atoms. The Morgan fingerprint density at radius 3 is 2.84 bits per heavy atom. The number of hydrogen-bond donors (Lipinski definition) is 1. The van der Waals surface area contributed by atoms with Gasteiger partial charge in [0.1, 0.15) is 5.75 Å². The molecule has 1 aliphatic rings. The van der Waals surface area contributed by atoms with E-state index < -0.39 is 6.61 Å². The van der Waals surface area contributed by atoms with E-state index in [9.17, 15) is 8.78 Å². The van der Waals surface area contributed by atoms with Gasteiger partial charge >= 0.3 is 6.61 Å². The molecule has 0 aromatic heterocycles. The maximum absolute atomic E-state index is 12.1. The maximum Gasteiger partial charge on any atom is 0.387 e. The summed E-state index contributed by atoms with van der Waals surface area (Å²) in [6.07, 6.45) is 2.57. The van der Waals surface area contributed by atoms with Crippen molar-refractivity contribution in [3.63, 3.8) is 0 Å². The van der Waals surface area contributed by atoms with Crippen LogP contribution in [-0.4, -0.2) is 25.4 Å². The van der Waals surface area contributed by atoms with Crippen molar-refractivity contribution in [2.75, 3.05) is 11.9 Å². The van der Waals surface area contributed by atoms with Crippen LogP contribution in [0.25, 0.3) is 0 Å². The van der Waals surface area contributed by atoms with E-state index >= 15 is 0 Å². The highest BCUT2D eigenvalue weighted by molar-refractivity contribution is 6.32. The van der Waals surface area contributed by atoms with Gasteiger partial charge in [0.25, 0.3) is 0 Å². The minimum Gasteiger partial charge on any atom is -0.433 e. The van der Waals surface area contributed by atoms with Crippen LogP contribution in [0, 0.1) is 0 Å². The second-order valence-electron chi connectivity index (χ2n) is 4.55. The van der Waals surface area contributed by atoms with E-state index in [4.69, 9.17) is 16.3 Å². The van der Waals surface area contributed by atoms with Crippen molar-refractivity contribution in [3.8, 4) is 5.75 Å². The van der Waals surface area contributed by atoms with Gasteiger partial charge in [0.15, 0.2) is 0 Å². The lowest BCUT2D eigenvalue weighted by molar-refractivity contribution is -0.0497. The topological polar surface area (TPSA) is 30.5 Å². The number of rotatable bonds is 5. The maximum atomic E-state index is 12.1. The second-order valence-corrected chi connectivity index (χ2v) is 4.96. The van der Waals surface area contributed by atoms with E-state index in [0.29, 0.717) is 12.6 Å². The van der Waals surface area contributed by atoms with Crippen LogP contribution in [-0.2, 0) is 4.74 Å². The number of benzene rings is 1. The third kappa shape index (κ3) is 4.21. The second kappa shape index (κ2) is 6.39. The Balaban J connectivity index is 1.89. The van der Waals surface area contributed by atoms with Gasteiger partial charge in [-0.25, -0.2) is 0 Å². The van der Waals surface area contributed by atoms with Crippen molar-refractivity contribution in [2.24, 2.45) is 0 Å². The van der Waals surface area contributed by atoms with Crippen LogP contribution in [0.15, 0.2) is 18.2 Å². The molecule has 2 atom stereocenters. The van der Waals surface area contributed by atoms with Crippen molar-refractivity contribution >= 4 is 17.3 Å². The minimum absolute atomic E-state index is 0.0204. The smallest absolute Gasteiger partial charge is 0.387 e. The first kappa shape index (κ1) is 14.3. The highest BCUT2D eigenvalue weighted by Gasteiger charge is 2.21. The molecule has 0 aliphatic carbocycles. The van der Waals surface area contributed by atoms with E-state index in [-0.39, 0.29) is 16.9 Å². The van der Waals surface area contributed by atoms with Crippen molar-refractivity contribution < 1.29 is 18.3 Å². The van der Waals surface area contributed by atoms with Gasteiger partial charge in [0.2, 0.25) is 0 Å². The van der Waals surface area contributed by atoms with Crippen LogP contribution in [0.5, 0.6) is 5.75 Å². The molecule has 19 heavy (non-hydrogen) atoms. The normalized spacial score (nSPS) is 22.8. The summed E-state index contributed by atoms with van der Waals surface area (Å²) in [7, 11) is 0. The summed E-state index contributed by atoms with van der Waals surface area (Å²) in [5, 5.41) is 3.33. The summed E-state index contributed by atoms with van der Waals surface area (Å²) < 4.78 is 34.1. The molecule has 6 heteroatoms. The van der Waals surface area contributed by atoms with Gasteiger partial charge in [-0.15, -0.1) is 0 Å². The predicted molar refractivity (Wildman–Crippen MR) is 70.1 cm³/mol. The Hall–Kier alpha value is -1.07. The number of nitrogens with one attached hydrogen (secondary N) is 1. The molecule has 0 saturated carbocycles. The molecule has 1 saturated heterocycles. The Kier molecular flexibility index (Phi) is 4.82. The highest BCUT2D eigenvalue weighted by atomic mass is 35.5. The van der Waals surface area contributed by atoms with Gasteiger partial charge in [-0.05, 0) is 38.0 Å². The van der Waals surface area contributed by atoms with Gasteiger partial charge < -0.3 is 14.8 Å². The van der Waals surface area contributed by atoms with Gasteiger partial charge in [0.05, 0.1) is 17.2 Å². The van der Waals surface area contributed by atoms with E-state index in [2.05, 4.69) is 10.1 Å². The van der Waals surface area contributed by atoms with Crippen LogP contribution in [0.1, 0.15) is 19.8 Å². The monoisotopic (exact) mass is 291 g/mol. The first-order valence-corrected chi connectivity index (χ1v) is 6.56. The molecule has 1 fully saturated rings. The van der Waals surface area contributed by atoms with Gasteiger partial charge in [0, 0.05) is 12.2 Å². The summed E-state index contributed by atoms with van der Waals surface area (Å²) in [6.45, 7) is -0.145. The van der Waals surface area contributed by atoms with Crippen molar-refractivity contribution in [1.29, 1.82) is 0 Å². The number of hydrogen-bond acceptors (Lipinski definition) is 3. The van der Waals surface area contributed by atoms with Gasteiger partial charge in [-0.2, -0.15) is 8.78 Å². The SMILES string of the molecule is CC1CCC(CNc2ccc(OC(F)F)c(Cl)c2)O1. The zero-order valence-electron chi connectivity index (χ0n) is 10.5. The molecule has 1 heterocycles. The van der Waals surface area contributed by atoms with E-state index in [1.54, 1.807) is 12.1 Å². The van der Waals surface area contributed by atoms with Crippen LogP contribution in [0.2, 0.25) is 5.02 Å². The van der Waals surface area contributed by atoms with Crippen molar-refractivity contribution in [1.82, 2.24) is 0 Å². The number of ether oxygens (including phenoxy) is 2. The van der Waals surface area contributed by atoms with E-state index in [1.807, 2.05) is 6.92 Å². The lowest BCUT2D eigenvalue weighted by atomic mass is 10.2. The van der Waals surface area contributed by atoms with Gasteiger partial charge in [-0.1, -0.05) is 11.6 Å². The lowest BCUT2D eigenvalue weighted by Gasteiger charge is -2.14. The molecule has 106 valence electrons. The number of halogens is 3. The summed E-state index contributed by atoms with van der Waals surface area (Å²) in [6, 6.07) is 4.65. The minimum atomic E-state index is -2.87. The quantitative estimate of drug-likeness (QED) is 0.892. The molecule has 1 aromatic rings. The molecular weight excluding hydrogens is 276 g/mol. The fourth-order valence-corrected chi connectivity index (χ4v) is 2.29. The molecule has 1 aliphatic heterocycles. The zero-order chi connectivity index (χ0) is 13.8. The molecule has 2 rings (SSSR count). The average molecular weight is 292 g/mol. The fraction of sp³-hybridized carbons (Fsp3) is 0.538. The largest absolute Gasteiger partial charge is 0.433 e. The molecule has 2 unspecified atom stereocenters. The fourth-order valence-electron chi connectivity index (χ4n) is 2.07. The average Bonchev–Trinajstić information content (AvgIpc) is 2.75. The molecule has 0 spiro atoms. The molecule has 0 radical (unpaired) electrons. The Labute approximate surface area is 115 Å². The molecule has 1 aromatic carbocycles. The lowest BCUT2D eigenvalue weighted by Crippen LogP contribution is -2.19. The highest BCUT2D eigenvalue weighted by Crippen LogP contribution is 2.29. The van der Waals surface area contributed by atoms with Crippen LogP contribution < -0.4 is 10.1 Å². The predicted octanol–water partition coefficient (Wildman–Crippen LogP) is 3.92. The first-order valence-electron chi connectivity index (χ1n) is 6.18. The summed E-state index contributed by atoms with van der Waals surface area (Å²) in [5.41, 5.74) is 0.759. The third-order valence-corrected chi connectivity index (χ3v) is 3.30. The van der Waals surface area contributed by atoms with Gasteiger partial charge in [-0.3, -0.25) is 0 Å². The molecule has 1 N–H and O–H groups in total. The van der Waals surface area contributed by atoms with Crippen molar-refractivity contribution in [2.45, 2.75) is 38.6 Å². The number of anilines is 1. The number of alkyl halides is 2. The molecule has 0 amide bonds. The summed E-state index contributed by atoms with van der Waals surface area (Å²) in [4.78, 5) is 0. The molecule has 3 nitrogen and oxygen atoms in total. The Morgan fingerprint density at radius 2 is 2.26 bits per heavy atom. The van der Waals surface area contributed by atoms with Crippen LogP contribution in [0.3, 0.4) is 0 Å². The summed E-state index contributed by atoms with van der Waals surface area (Å²) in [5.74, 6) is -0.0204. The van der Waals surface area contributed by atoms with E-state index in [0.717, 1.165) is 18.5 Å². The molecular formula is C13H16ClF2NO2. The summed E-state index contributed by atoms with van der Waals surface area (Å²) >= 11 is 5.86. The standard InChI is InChI=1S/C13H16ClF2NO2/c1-8-2-4-10(18-8)7-17-9-3-5-12(11(14)6-9)19-13(15)16/h3,5-6,8,10,13,17H,2,4,7H2,1H3. The Morgan fingerprint density at radius 1 is 1.47 bits per heavy atom. The third-order valence-electron chi connectivity index (χ3n) is 3.00. The zero-order valence-corrected chi connectivity index (χ0v) is 11.3. The van der Waals surface area contributed by atoms with Crippen LogP contribution in [0.4, 0.5) is 14.5 Å². The van der Waals surface area contributed by atoms with Crippen molar-refractivity contribution in [3.05, 3.63) is 23.2 Å². The first-order chi connectivity index (χ1) is 9.04. The Bertz CT molecular complexity index is 431. The van der Waals surface area contributed by atoms with Crippen LogP contribution >= 0.6 is 11.6 Å².